The Morgan fingerprint density at radius 3 is 2.60 bits per heavy atom. The number of carboxylic acids is 1. The van der Waals surface area contributed by atoms with Crippen molar-refractivity contribution in [3.05, 3.63) is 30.3 Å². The maximum absolute atomic E-state index is 12.3. The standard InChI is InChI=1S/C15H20N2O3/c1-11-8-9-17(14(11)15(19)20)10-13(18)16(2)12-6-4-3-5-7-12/h3-7,11,14H,8-10H2,1-2H3,(H,19,20). The number of anilines is 1. The van der Waals surface area contributed by atoms with Gasteiger partial charge in [0.2, 0.25) is 5.91 Å². The highest BCUT2D eigenvalue weighted by atomic mass is 16.4. The lowest BCUT2D eigenvalue weighted by Crippen LogP contribution is -2.45. The van der Waals surface area contributed by atoms with Crippen molar-refractivity contribution in [3.63, 3.8) is 0 Å². The topological polar surface area (TPSA) is 60.9 Å². The zero-order valence-corrected chi connectivity index (χ0v) is 11.8. The predicted octanol–water partition coefficient (Wildman–Crippen LogP) is 1.44. The van der Waals surface area contributed by atoms with E-state index in [1.165, 1.54) is 0 Å². The number of likely N-dealkylation sites (tertiary alicyclic amines) is 1. The van der Waals surface area contributed by atoms with Crippen LogP contribution in [-0.2, 0) is 9.59 Å². The van der Waals surface area contributed by atoms with Gasteiger partial charge >= 0.3 is 5.97 Å². The second kappa shape index (κ2) is 6.05. The van der Waals surface area contributed by atoms with Gasteiger partial charge in [-0.05, 0) is 31.0 Å². The van der Waals surface area contributed by atoms with Crippen molar-refractivity contribution in [3.8, 4) is 0 Å². The van der Waals surface area contributed by atoms with E-state index in [4.69, 9.17) is 0 Å². The highest BCUT2D eigenvalue weighted by Crippen LogP contribution is 2.24. The molecule has 1 aliphatic rings. The lowest BCUT2D eigenvalue weighted by Gasteiger charge is -2.25. The number of carbonyl (C=O) groups excluding carboxylic acids is 1. The second-order valence-electron chi connectivity index (χ2n) is 5.31. The molecule has 2 atom stereocenters. The van der Waals surface area contributed by atoms with Crippen LogP contribution in [0.4, 0.5) is 5.69 Å². The first-order chi connectivity index (χ1) is 9.50. The van der Waals surface area contributed by atoms with Crippen LogP contribution in [0.5, 0.6) is 0 Å². The molecule has 1 aromatic rings. The Hall–Kier alpha value is -1.88. The van der Waals surface area contributed by atoms with E-state index in [1.807, 2.05) is 37.3 Å². The van der Waals surface area contributed by atoms with Crippen LogP contribution >= 0.6 is 0 Å². The zero-order valence-electron chi connectivity index (χ0n) is 11.8. The van der Waals surface area contributed by atoms with Gasteiger partial charge in [0.15, 0.2) is 0 Å². The van der Waals surface area contributed by atoms with E-state index in [0.717, 1.165) is 12.1 Å². The Balaban J connectivity index is 2.03. The molecule has 0 bridgehead atoms. The molecule has 0 aromatic heterocycles. The molecular formula is C15H20N2O3. The van der Waals surface area contributed by atoms with Crippen LogP contribution in [-0.4, -0.2) is 48.1 Å². The van der Waals surface area contributed by atoms with E-state index < -0.39 is 12.0 Å². The molecule has 5 heteroatoms. The molecular weight excluding hydrogens is 256 g/mol. The van der Waals surface area contributed by atoms with Gasteiger partial charge in [0.1, 0.15) is 6.04 Å². The number of carboxylic acid groups (broad SMARTS) is 1. The Labute approximate surface area is 118 Å². The molecule has 20 heavy (non-hydrogen) atoms. The van der Waals surface area contributed by atoms with Gasteiger partial charge in [-0.25, -0.2) is 0 Å². The molecule has 2 unspecified atom stereocenters. The van der Waals surface area contributed by atoms with E-state index in [2.05, 4.69) is 0 Å². The van der Waals surface area contributed by atoms with Crippen LogP contribution in [0.15, 0.2) is 30.3 Å². The van der Waals surface area contributed by atoms with Crippen molar-refractivity contribution in [1.82, 2.24) is 4.90 Å². The molecule has 1 heterocycles. The number of hydrogen-bond acceptors (Lipinski definition) is 3. The fourth-order valence-electron chi connectivity index (χ4n) is 2.68. The number of hydrogen-bond donors (Lipinski definition) is 1. The number of benzene rings is 1. The number of amides is 1. The summed E-state index contributed by atoms with van der Waals surface area (Å²) in [6.07, 6.45) is 0.819. The van der Waals surface area contributed by atoms with Crippen molar-refractivity contribution in [2.45, 2.75) is 19.4 Å². The maximum atomic E-state index is 12.3. The normalized spacial score (nSPS) is 22.7. The van der Waals surface area contributed by atoms with Crippen molar-refractivity contribution in [1.29, 1.82) is 0 Å². The van der Waals surface area contributed by atoms with E-state index in [1.54, 1.807) is 16.8 Å². The number of rotatable bonds is 4. The number of nitrogens with zero attached hydrogens (tertiary/aromatic N) is 2. The lowest BCUT2D eigenvalue weighted by atomic mass is 10.0. The molecule has 0 saturated carbocycles. The van der Waals surface area contributed by atoms with Crippen LogP contribution in [0.3, 0.4) is 0 Å². The van der Waals surface area contributed by atoms with Gasteiger partial charge in [0.25, 0.3) is 0 Å². The molecule has 1 aliphatic heterocycles. The first-order valence-corrected chi connectivity index (χ1v) is 6.79. The molecule has 1 N–H and O–H groups in total. The minimum absolute atomic E-state index is 0.0855. The van der Waals surface area contributed by atoms with Gasteiger partial charge in [-0.3, -0.25) is 14.5 Å². The molecule has 5 nitrogen and oxygen atoms in total. The summed E-state index contributed by atoms with van der Waals surface area (Å²) in [7, 11) is 1.72. The summed E-state index contributed by atoms with van der Waals surface area (Å²) < 4.78 is 0. The third-order valence-corrected chi connectivity index (χ3v) is 3.91. The van der Waals surface area contributed by atoms with E-state index in [-0.39, 0.29) is 18.4 Å². The zero-order chi connectivity index (χ0) is 14.7. The van der Waals surface area contributed by atoms with E-state index >= 15 is 0 Å². The molecule has 1 aromatic carbocycles. The van der Waals surface area contributed by atoms with Gasteiger partial charge in [-0.15, -0.1) is 0 Å². The number of carbonyl (C=O) groups is 2. The van der Waals surface area contributed by atoms with Crippen LogP contribution in [0.25, 0.3) is 0 Å². The average Bonchev–Trinajstić information content (AvgIpc) is 2.79. The summed E-state index contributed by atoms with van der Waals surface area (Å²) in [5.41, 5.74) is 0.816. The lowest BCUT2D eigenvalue weighted by molar-refractivity contribution is -0.143. The van der Waals surface area contributed by atoms with Gasteiger partial charge in [-0.1, -0.05) is 25.1 Å². The van der Waals surface area contributed by atoms with Crippen LogP contribution < -0.4 is 4.90 Å². The van der Waals surface area contributed by atoms with E-state index in [0.29, 0.717) is 6.54 Å². The quantitative estimate of drug-likeness (QED) is 0.904. The first kappa shape index (κ1) is 14.5. The third kappa shape index (κ3) is 2.99. The summed E-state index contributed by atoms with van der Waals surface area (Å²) in [5.74, 6) is -0.843. The molecule has 2 rings (SSSR count). The smallest absolute Gasteiger partial charge is 0.321 e. The summed E-state index contributed by atoms with van der Waals surface area (Å²) >= 11 is 0. The highest BCUT2D eigenvalue weighted by molar-refractivity contribution is 5.94. The predicted molar refractivity (Wildman–Crippen MR) is 76.6 cm³/mol. The first-order valence-electron chi connectivity index (χ1n) is 6.79. The Morgan fingerprint density at radius 1 is 1.35 bits per heavy atom. The molecule has 1 saturated heterocycles. The highest BCUT2D eigenvalue weighted by Gasteiger charge is 2.37. The molecule has 1 fully saturated rings. The van der Waals surface area contributed by atoms with Crippen molar-refractivity contribution in [2.75, 3.05) is 25.0 Å². The molecule has 0 spiro atoms. The minimum atomic E-state index is -0.842. The number of aliphatic carboxylic acids is 1. The van der Waals surface area contributed by atoms with Crippen molar-refractivity contribution < 1.29 is 14.7 Å². The van der Waals surface area contributed by atoms with Crippen molar-refractivity contribution >= 4 is 17.6 Å². The van der Waals surface area contributed by atoms with Gasteiger partial charge < -0.3 is 10.0 Å². The second-order valence-corrected chi connectivity index (χ2v) is 5.31. The third-order valence-electron chi connectivity index (χ3n) is 3.91. The number of likely N-dealkylation sites (N-methyl/N-ethyl adjacent to an activating group) is 1. The molecule has 0 radical (unpaired) electrons. The molecule has 0 aliphatic carbocycles. The average molecular weight is 276 g/mol. The SMILES string of the molecule is CC1CCN(CC(=O)N(C)c2ccccc2)C1C(=O)O. The van der Waals surface area contributed by atoms with Gasteiger partial charge in [0, 0.05) is 12.7 Å². The number of para-hydroxylation sites is 1. The Kier molecular flexibility index (Phi) is 4.39. The Morgan fingerprint density at radius 2 is 2.00 bits per heavy atom. The summed E-state index contributed by atoms with van der Waals surface area (Å²) in [6.45, 7) is 2.73. The van der Waals surface area contributed by atoms with Gasteiger partial charge in [0.05, 0.1) is 6.54 Å². The monoisotopic (exact) mass is 276 g/mol. The fourth-order valence-corrected chi connectivity index (χ4v) is 2.68. The fraction of sp³-hybridized carbons (Fsp3) is 0.467. The Bertz CT molecular complexity index is 489. The van der Waals surface area contributed by atoms with E-state index in [9.17, 15) is 14.7 Å². The van der Waals surface area contributed by atoms with Crippen LogP contribution in [0, 0.1) is 5.92 Å². The summed E-state index contributed by atoms with van der Waals surface area (Å²) in [4.78, 5) is 26.9. The summed E-state index contributed by atoms with van der Waals surface area (Å²) in [5, 5.41) is 9.26. The summed E-state index contributed by atoms with van der Waals surface area (Å²) in [6, 6.07) is 8.81. The molecule has 108 valence electrons. The van der Waals surface area contributed by atoms with Gasteiger partial charge in [-0.2, -0.15) is 0 Å². The minimum Gasteiger partial charge on any atom is -0.480 e. The van der Waals surface area contributed by atoms with Crippen molar-refractivity contribution in [2.24, 2.45) is 5.92 Å². The maximum Gasteiger partial charge on any atom is 0.321 e. The van der Waals surface area contributed by atoms with Crippen LogP contribution in [0.2, 0.25) is 0 Å². The largest absolute Gasteiger partial charge is 0.480 e. The molecule has 1 amide bonds. The van der Waals surface area contributed by atoms with Crippen LogP contribution in [0.1, 0.15) is 13.3 Å².